The van der Waals surface area contributed by atoms with Crippen LogP contribution in [0.5, 0.6) is 0 Å². The van der Waals surface area contributed by atoms with Crippen molar-refractivity contribution in [2.45, 2.75) is 25.3 Å². The number of fused-ring (bicyclic) bond motifs is 2. The van der Waals surface area contributed by atoms with Gasteiger partial charge in [0.25, 0.3) is 0 Å². The molecule has 1 amide bonds. The fraction of sp³-hybridized carbons (Fsp3) is 0.300. The Balaban J connectivity index is 1.26. The van der Waals surface area contributed by atoms with Gasteiger partial charge in [0.15, 0.2) is 5.65 Å². The molecule has 1 aromatic carbocycles. The normalized spacial score (nSPS) is 16.9. The highest BCUT2D eigenvalue weighted by Crippen LogP contribution is 2.24. The molecule has 1 atom stereocenters. The lowest BCUT2D eigenvalue weighted by Crippen LogP contribution is -2.31. The number of nitrogens with one attached hydrogen (secondary N) is 2. The Hall–Kier alpha value is -3.13. The van der Waals surface area contributed by atoms with Gasteiger partial charge in [0.2, 0.25) is 5.91 Å². The highest BCUT2D eigenvalue weighted by molar-refractivity contribution is 6.31. The fourth-order valence-corrected chi connectivity index (χ4v) is 4.18. The number of carbonyl (C=O) groups excluding carboxylic acids is 1. The van der Waals surface area contributed by atoms with Gasteiger partial charge < -0.3 is 14.9 Å². The van der Waals surface area contributed by atoms with Crippen LogP contribution in [0.4, 0.5) is 0 Å². The van der Waals surface area contributed by atoms with Crippen molar-refractivity contribution in [3.8, 4) is 0 Å². The predicted molar refractivity (Wildman–Crippen MR) is 110 cm³/mol. The summed E-state index contributed by atoms with van der Waals surface area (Å²) in [7, 11) is 0. The van der Waals surface area contributed by atoms with Gasteiger partial charge in [-0.15, -0.1) is 0 Å². The summed E-state index contributed by atoms with van der Waals surface area (Å²) in [5, 5.41) is 0.647. The maximum Gasteiger partial charge on any atom is 0.327 e. The number of aromatic amines is 2. The molecule has 4 heterocycles. The number of halogens is 1. The zero-order chi connectivity index (χ0) is 20.0. The Labute approximate surface area is 170 Å². The molecule has 0 spiro atoms. The molecule has 9 heteroatoms. The second-order valence-corrected chi connectivity index (χ2v) is 7.74. The first-order chi connectivity index (χ1) is 14.1. The Morgan fingerprint density at radius 1 is 1.24 bits per heavy atom. The van der Waals surface area contributed by atoms with Gasteiger partial charge in [0.05, 0.1) is 22.6 Å². The highest BCUT2D eigenvalue weighted by atomic mass is 35.5. The number of benzene rings is 1. The lowest BCUT2D eigenvalue weighted by molar-refractivity contribution is -0.130. The van der Waals surface area contributed by atoms with E-state index in [2.05, 4.69) is 19.9 Å². The van der Waals surface area contributed by atoms with Crippen LogP contribution in [0.3, 0.4) is 0 Å². The summed E-state index contributed by atoms with van der Waals surface area (Å²) < 4.78 is 1.67. The number of aryl methyl sites for hydroxylation is 1. The first-order valence-electron chi connectivity index (χ1n) is 9.55. The number of hydrogen-bond donors (Lipinski definition) is 2. The number of hydrogen-bond acceptors (Lipinski definition) is 4. The SMILES string of the molecule is O=C(CCc1nc2ccc(Cl)cc2[nH]1)N1CCC(n2c(=O)[nH]c3cccnc32)C1. The van der Waals surface area contributed by atoms with Crippen molar-refractivity contribution in [2.24, 2.45) is 0 Å². The zero-order valence-electron chi connectivity index (χ0n) is 15.6. The number of nitrogens with zero attached hydrogens (tertiary/aromatic N) is 4. The molecule has 0 radical (unpaired) electrons. The van der Waals surface area contributed by atoms with Gasteiger partial charge in [-0.1, -0.05) is 11.6 Å². The maximum absolute atomic E-state index is 12.7. The molecule has 1 fully saturated rings. The summed E-state index contributed by atoms with van der Waals surface area (Å²) in [4.78, 5) is 41.8. The topological polar surface area (TPSA) is 99.7 Å². The van der Waals surface area contributed by atoms with Crippen LogP contribution < -0.4 is 5.69 Å². The first-order valence-corrected chi connectivity index (χ1v) is 9.93. The van der Waals surface area contributed by atoms with Gasteiger partial charge in [-0.3, -0.25) is 9.36 Å². The van der Waals surface area contributed by atoms with E-state index in [0.29, 0.717) is 42.1 Å². The highest BCUT2D eigenvalue weighted by Gasteiger charge is 2.29. The van der Waals surface area contributed by atoms with Crippen molar-refractivity contribution in [1.82, 2.24) is 29.4 Å². The molecule has 2 N–H and O–H groups in total. The van der Waals surface area contributed by atoms with Crippen molar-refractivity contribution < 1.29 is 4.79 Å². The molecular formula is C20H19ClN6O2. The number of imidazole rings is 2. The third-order valence-corrected chi connectivity index (χ3v) is 5.66. The molecule has 3 aromatic heterocycles. The summed E-state index contributed by atoms with van der Waals surface area (Å²) in [6, 6.07) is 9.04. The first kappa shape index (κ1) is 17.9. The van der Waals surface area contributed by atoms with Crippen LogP contribution in [-0.4, -0.2) is 48.4 Å². The third kappa shape index (κ3) is 3.29. The van der Waals surface area contributed by atoms with Crippen LogP contribution in [0, 0.1) is 0 Å². The molecule has 0 saturated carbocycles. The molecule has 1 aliphatic rings. The minimum absolute atomic E-state index is 0.0619. The lowest BCUT2D eigenvalue weighted by Gasteiger charge is -2.16. The van der Waals surface area contributed by atoms with E-state index < -0.39 is 0 Å². The lowest BCUT2D eigenvalue weighted by atomic mass is 10.2. The van der Waals surface area contributed by atoms with Gasteiger partial charge >= 0.3 is 5.69 Å². The Kier molecular flexibility index (Phi) is 4.35. The summed E-state index contributed by atoms with van der Waals surface area (Å²) in [6.45, 7) is 1.14. The number of carbonyl (C=O) groups is 1. The van der Waals surface area contributed by atoms with Crippen molar-refractivity contribution in [3.05, 3.63) is 57.9 Å². The molecule has 29 heavy (non-hydrogen) atoms. The third-order valence-electron chi connectivity index (χ3n) is 5.43. The van der Waals surface area contributed by atoms with E-state index >= 15 is 0 Å². The van der Waals surface area contributed by atoms with E-state index in [4.69, 9.17) is 11.6 Å². The van der Waals surface area contributed by atoms with E-state index in [9.17, 15) is 9.59 Å². The fourth-order valence-electron chi connectivity index (χ4n) is 4.01. The van der Waals surface area contributed by atoms with E-state index in [1.807, 2.05) is 23.1 Å². The van der Waals surface area contributed by atoms with Crippen LogP contribution in [0.15, 0.2) is 41.3 Å². The van der Waals surface area contributed by atoms with Gasteiger partial charge in [0.1, 0.15) is 5.82 Å². The Morgan fingerprint density at radius 2 is 2.14 bits per heavy atom. The zero-order valence-corrected chi connectivity index (χ0v) is 16.3. The molecule has 1 saturated heterocycles. The molecular weight excluding hydrogens is 392 g/mol. The number of amides is 1. The predicted octanol–water partition coefficient (Wildman–Crippen LogP) is 2.66. The number of likely N-dealkylation sites (tertiary alicyclic amines) is 1. The summed E-state index contributed by atoms with van der Waals surface area (Å²) in [6.07, 6.45) is 3.30. The van der Waals surface area contributed by atoms with E-state index in [0.717, 1.165) is 23.3 Å². The second-order valence-electron chi connectivity index (χ2n) is 7.30. The van der Waals surface area contributed by atoms with Crippen LogP contribution in [0.2, 0.25) is 5.02 Å². The summed E-state index contributed by atoms with van der Waals surface area (Å²) in [5.41, 5.74) is 2.88. The number of aromatic nitrogens is 5. The molecule has 4 aromatic rings. The molecule has 5 rings (SSSR count). The van der Waals surface area contributed by atoms with Crippen molar-refractivity contribution in [3.63, 3.8) is 0 Å². The maximum atomic E-state index is 12.7. The van der Waals surface area contributed by atoms with Crippen molar-refractivity contribution >= 4 is 39.7 Å². The molecule has 148 valence electrons. The molecule has 1 aliphatic heterocycles. The van der Waals surface area contributed by atoms with Crippen molar-refractivity contribution in [2.75, 3.05) is 13.1 Å². The summed E-state index contributed by atoms with van der Waals surface area (Å²) in [5.74, 6) is 0.829. The van der Waals surface area contributed by atoms with Gasteiger partial charge in [-0.05, 0) is 36.8 Å². The number of rotatable bonds is 4. The molecule has 0 aliphatic carbocycles. The van der Waals surface area contributed by atoms with Gasteiger partial charge in [0, 0.05) is 37.2 Å². The smallest absolute Gasteiger partial charge is 0.327 e. The van der Waals surface area contributed by atoms with Crippen LogP contribution >= 0.6 is 11.6 Å². The quantitative estimate of drug-likeness (QED) is 0.540. The monoisotopic (exact) mass is 410 g/mol. The molecule has 8 nitrogen and oxygen atoms in total. The molecule has 0 bridgehead atoms. The number of pyridine rings is 1. The minimum atomic E-state index is -0.182. The van der Waals surface area contributed by atoms with Crippen LogP contribution in [0.25, 0.3) is 22.2 Å². The largest absolute Gasteiger partial charge is 0.342 e. The Morgan fingerprint density at radius 3 is 3.03 bits per heavy atom. The van der Waals surface area contributed by atoms with Gasteiger partial charge in [-0.25, -0.2) is 14.8 Å². The Bertz CT molecular complexity index is 1270. The van der Waals surface area contributed by atoms with Crippen LogP contribution in [-0.2, 0) is 11.2 Å². The van der Waals surface area contributed by atoms with Crippen LogP contribution in [0.1, 0.15) is 24.7 Å². The van der Waals surface area contributed by atoms with E-state index in [-0.39, 0.29) is 17.6 Å². The van der Waals surface area contributed by atoms with Crippen molar-refractivity contribution in [1.29, 1.82) is 0 Å². The molecule has 1 unspecified atom stereocenters. The summed E-state index contributed by atoms with van der Waals surface area (Å²) >= 11 is 6.01. The standard InChI is InChI=1S/C20H19ClN6O2/c21-12-3-4-14-16(10-12)24-17(23-14)5-6-18(28)26-9-7-13(11-26)27-19-15(25-20(27)29)2-1-8-22-19/h1-4,8,10,13H,5-7,9,11H2,(H,23,24)(H,25,29). The second kappa shape index (κ2) is 7.04. The van der Waals surface area contributed by atoms with E-state index in [1.165, 1.54) is 0 Å². The average Bonchev–Trinajstić information content (AvgIpc) is 3.41. The average molecular weight is 411 g/mol. The van der Waals surface area contributed by atoms with E-state index in [1.54, 1.807) is 22.9 Å². The number of H-pyrrole nitrogens is 2. The minimum Gasteiger partial charge on any atom is -0.342 e. The van der Waals surface area contributed by atoms with Gasteiger partial charge in [-0.2, -0.15) is 0 Å².